The highest BCUT2D eigenvalue weighted by Gasteiger charge is 2.15. The minimum atomic E-state index is -0.0795. The van der Waals surface area contributed by atoms with Gasteiger partial charge in [-0.05, 0) is 42.3 Å². The summed E-state index contributed by atoms with van der Waals surface area (Å²) in [5.41, 5.74) is 2.09. The molecule has 0 N–H and O–H groups in total. The van der Waals surface area contributed by atoms with Gasteiger partial charge in [-0.1, -0.05) is 18.2 Å². The summed E-state index contributed by atoms with van der Waals surface area (Å²) in [7, 11) is 1.76. The van der Waals surface area contributed by atoms with E-state index in [0.29, 0.717) is 12.3 Å². The summed E-state index contributed by atoms with van der Waals surface area (Å²) in [6, 6.07) is 13.3. The first-order chi connectivity index (χ1) is 11.1. The lowest BCUT2D eigenvalue weighted by atomic mass is 10.2. The lowest BCUT2D eigenvalue weighted by Crippen LogP contribution is -2.30. The lowest BCUT2D eigenvalue weighted by molar-refractivity contribution is -0.132. The van der Waals surface area contributed by atoms with E-state index in [-0.39, 0.29) is 19.3 Å². The van der Waals surface area contributed by atoms with Crippen LogP contribution in [-0.4, -0.2) is 31.3 Å². The molecule has 0 aliphatic carbocycles. The van der Waals surface area contributed by atoms with E-state index in [2.05, 4.69) is 0 Å². The number of hydrogen-bond donors (Lipinski definition) is 0. The third kappa shape index (κ3) is 3.74. The van der Waals surface area contributed by atoms with Crippen molar-refractivity contribution in [3.63, 3.8) is 0 Å². The third-order valence-electron chi connectivity index (χ3n) is 3.63. The number of nitrogens with zero attached hydrogens (tertiary/aromatic N) is 1. The van der Waals surface area contributed by atoms with Gasteiger partial charge in [-0.15, -0.1) is 0 Å². The van der Waals surface area contributed by atoms with Gasteiger partial charge in [0.05, 0.1) is 0 Å². The van der Waals surface area contributed by atoms with Crippen LogP contribution in [0.2, 0.25) is 0 Å². The predicted molar refractivity (Wildman–Crippen MR) is 85.7 cm³/mol. The van der Waals surface area contributed by atoms with Crippen LogP contribution in [0.3, 0.4) is 0 Å². The van der Waals surface area contributed by atoms with Crippen LogP contribution >= 0.6 is 0 Å². The van der Waals surface area contributed by atoms with Crippen molar-refractivity contribution in [1.82, 2.24) is 4.90 Å². The Kier molecular flexibility index (Phi) is 4.37. The molecule has 2 aromatic carbocycles. The average molecular weight is 313 g/mol. The van der Waals surface area contributed by atoms with Crippen molar-refractivity contribution in [2.45, 2.75) is 13.5 Å². The Morgan fingerprint density at radius 3 is 2.83 bits per heavy atom. The van der Waals surface area contributed by atoms with E-state index in [4.69, 9.17) is 14.2 Å². The van der Waals surface area contributed by atoms with Crippen molar-refractivity contribution in [2.75, 3.05) is 20.4 Å². The van der Waals surface area contributed by atoms with Crippen LogP contribution in [0.5, 0.6) is 17.2 Å². The van der Waals surface area contributed by atoms with Gasteiger partial charge in [-0.3, -0.25) is 4.79 Å². The first-order valence-corrected chi connectivity index (χ1v) is 7.44. The maximum absolute atomic E-state index is 12.2. The summed E-state index contributed by atoms with van der Waals surface area (Å²) < 4.78 is 16.2. The Labute approximate surface area is 135 Å². The van der Waals surface area contributed by atoms with Crippen molar-refractivity contribution in [3.8, 4) is 17.2 Å². The summed E-state index contributed by atoms with van der Waals surface area (Å²) in [5.74, 6) is 2.09. The molecule has 5 nitrogen and oxygen atoms in total. The molecule has 0 bridgehead atoms. The van der Waals surface area contributed by atoms with E-state index in [1.54, 1.807) is 11.9 Å². The van der Waals surface area contributed by atoms with Crippen LogP contribution in [0.15, 0.2) is 42.5 Å². The molecule has 0 fully saturated rings. The second-order valence-electron chi connectivity index (χ2n) is 5.54. The monoisotopic (exact) mass is 313 g/mol. The Balaban J connectivity index is 1.55. The number of hydrogen-bond acceptors (Lipinski definition) is 4. The molecule has 0 radical (unpaired) electrons. The number of ether oxygens (including phenoxy) is 3. The summed E-state index contributed by atoms with van der Waals surface area (Å²) in [5, 5.41) is 0. The largest absolute Gasteiger partial charge is 0.484 e. The van der Waals surface area contributed by atoms with E-state index in [0.717, 1.165) is 22.6 Å². The number of carbonyl (C=O) groups excluding carboxylic acids is 1. The molecule has 120 valence electrons. The molecule has 0 saturated heterocycles. The number of likely N-dealkylation sites (N-methyl/N-ethyl adjacent to an activating group) is 1. The lowest BCUT2D eigenvalue weighted by Gasteiger charge is -2.18. The van der Waals surface area contributed by atoms with E-state index in [1.165, 1.54) is 0 Å². The number of aryl methyl sites for hydroxylation is 1. The van der Waals surface area contributed by atoms with E-state index >= 15 is 0 Å². The van der Waals surface area contributed by atoms with Crippen LogP contribution in [-0.2, 0) is 11.3 Å². The molecule has 1 amide bonds. The minimum absolute atomic E-state index is 0.0184. The van der Waals surface area contributed by atoms with Crippen molar-refractivity contribution in [1.29, 1.82) is 0 Å². The number of carbonyl (C=O) groups is 1. The summed E-state index contributed by atoms with van der Waals surface area (Å²) in [6.07, 6.45) is 0. The zero-order chi connectivity index (χ0) is 16.2. The molecular weight excluding hydrogens is 294 g/mol. The zero-order valence-corrected chi connectivity index (χ0v) is 13.2. The molecule has 1 aliphatic heterocycles. The fourth-order valence-corrected chi connectivity index (χ4v) is 2.36. The maximum atomic E-state index is 12.2. The van der Waals surface area contributed by atoms with Crippen LogP contribution in [0.1, 0.15) is 11.1 Å². The van der Waals surface area contributed by atoms with Gasteiger partial charge in [-0.2, -0.15) is 0 Å². The molecule has 0 atom stereocenters. The van der Waals surface area contributed by atoms with E-state index in [1.807, 2.05) is 49.4 Å². The molecule has 0 aromatic heterocycles. The predicted octanol–water partition coefficient (Wildman–Crippen LogP) is 2.76. The topological polar surface area (TPSA) is 48.0 Å². The molecule has 1 heterocycles. The first kappa shape index (κ1) is 15.2. The van der Waals surface area contributed by atoms with Crippen molar-refractivity contribution in [3.05, 3.63) is 53.6 Å². The SMILES string of the molecule is Cc1cccc(OCC(=O)N(C)Cc2ccc3c(c2)OCO3)c1. The third-order valence-corrected chi connectivity index (χ3v) is 3.63. The maximum Gasteiger partial charge on any atom is 0.260 e. The van der Waals surface area contributed by atoms with Gasteiger partial charge < -0.3 is 19.1 Å². The highest BCUT2D eigenvalue weighted by Crippen LogP contribution is 2.32. The molecule has 0 saturated carbocycles. The molecule has 2 aromatic rings. The minimum Gasteiger partial charge on any atom is -0.484 e. The van der Waals surface area contributed by atoms with Gasteiger partial charge in [0.2, 0.25) is 6.79 Å². The number of benzene rings is 2. The summed E-state index contributed by atoms with van der Waals surface area (Å²) in [4.78, 5) is 13.8. The number of amides is 1. The van der Waals surface area contributed by atoms with Crippen LogP contribution in [0.25, 0.3) is 0 Å². The molecule has 3 rings (SSSR count). The smallest absolute Gasteiger partial charge is 0.260 e. The first-order valence-electron chi connectivity index (χ1n) is 7.44. The molecule has 23 heavy (non-hydrogen) atoms. The van der Waals surface area contributed by atoms with Gasteiger partial charge in [0.25, 0.3) is 5.91 Å². The molecule has 5 heteroatoms. The quantitative estimate of drug-likeness (QED) is 0.851. The van der Waals surface area contributed by atoms with Crippen molar-refractivity contribution >= 4 is 5.91 Å². The number of rotatable bonds is 5. The summed E-state index contributed by atoms with van der Waals surface area (Å²) >= 11 is 0. The van der Waals surface area contributed by atoms with E-state index in [9.17, 15) is 4.79 Å². The second-order valence-corrected chi connectivity index (χ2v) is 5.54. The van der Waals surface area contributed by atoms with Gasteiger partial charge in [0.1, 0.15) is 5.75 Å². The fourth-order valence-electron chi connectivity index (χ4n) is 2.36. The van der Waals surface area contributed by atoms with Gasteiger partial charge in [0, 0.05) is 13.6 Å². The van der Waals surface area contributed by atoms with Crippen molar-refractivity contribution in [2.24, 2.45) is 0 Å². The zero-order valence-electron chi connectivity index (χ0n) is 13.2. The molecule has 0 unspecified atom stereocenters. The van der Waals surface area contributed by atoms with E-state index < -0.39 is 0 Å². The van der Waals surface area contributed by atoms with Crippen molar-refractivity contribution < 1.29 is 19.0 Å². The van der Waals surface area contributed by atoms with Gasteiger partial charge >= 0.3 is 0 Å². The second kappa shape index (κ2) is 6.60. The Morgan fingerprint density at radius 1 is 1.17 bits per heavy atom. The highest BCUT2D eigenvalue weighted by atomic mass is 16.7. The Bertz CT molecular complexity index is 714. The molecule has 1 aliphatic rings. The van der Waals surface area contributed by atoms with Crippen LogP contribution in [0, 0.1) is 6.92 Å². The van der Waals surface area contributed by atoms with Gasteiger partial charge in [-0.25, -0.2) is 0 Å². The summed E-state index contributed by atoms with van der Waals surface area (Å²) in [6.45, 7) is 2.75. The van der Waals surface area contributed by atoms with Crippen LogP contribution < -0.4 is 14.2 Å². The molecular formula is C18H19NO4. The van der Waals surface area contributed by atoms with Crippen LogP contribution in [0.4, 0.5) is 0 Å². The fraction of sp³-hybridized carbons (Fsp3) is 0.278. The average Bonchev–Trinajstić information content (AvgIpc) is 3.00. The molecule has 0 spiro atoms. The highest BCUT2D eigenvalue weighted by molar-refractivity contribution is 5.77. The van der Waals surface area contributed by atoms with Gasteiger partial charge in [0.15, 0.2) is 18.1 Å². The Hall–Kier alpha value is -2.69. The number of fused-ring (bicyclic) bond motifs is 1. The standard InChI is InChI=1S/C18H19NO4/c1-13-4-3-5-15(8-13)21-11-18(20)19(2)10-14-6-7-16-17(9-14)23-12-22-16/h3-9H,10-12H2,1-2H3. The normalized spacial score (nSPS) is 12.1. The Morgan fingerprint density at radius 2 is 2.00 bits per heavy atom.